The largest absolute Gasteiger partial charge is 0.493 e. The van der Waals surface area contributed by atoms with E-state index in [2.05, 4.69) is 56.4 Å². The molecule has 0 aromatic heterocycles. The molecule has 0 saturated carbocycles. The molecule has 0 amide bonds. The van der Waals surface area contributed by atoms with Gasteiger partial charge in [0.05, 0.1) is 38.9 Å². The van der Waals surface area contributed by atoms with E-state index in [-0.39, 0.29) is 23.8 Å². The molecule has 2 N–H and O–H groups in total. The monoisotopic (exact) mass is 515 g/mol. The predicted octanol–water partition coefficient (Wildman–Crippen LogP) is 5.88. The Labute approximate surface area is 222 Å². The van der Waals surface area contributed by atoms with Gasteiger partial charge in [0, 0.05) is 39.8 Å². The molecule has 6 rings (SSSR count). The number of hydrogen-bond acceptors (Lipinski definition) is 6. The number of hydrogen-bond donors (Lipinski definition) is 2. The molecule has 3 aliphatic rings. The van der Waals surface area contributed by atoms with Crippen LogP contribution >= 0.6 is 0 Å². The van der Waals surface area contributed by atoms with Crippen LogP contribution in [0.15, 0.2) is 48.5 Å². The van der Waals surface area contributed by atoms with Crippen LogP contribution in [0.5, 0.6) is 17.2 Å². The van der Waals surface area contributed by atoms with Gasteiger partial charge in [-0.2, -0.15) is 0 Å². The molecule has 2 atom stereocenters. The Hall–Kier alpha value is -3.71. The normalized spacial score (nSPS) is 20.5. The molecule has 3 aliphatic heterocycles. The zero-order valence-corrected chi connectivity index (χ0v) is 22.0. The molecule has 0 bridgehead atoms. The van der Waals surface area contributed by atoms with Crippen molar-refractivity contribution in [1.29, 1.82) is 0 Å². The maximum absolute atomic E-state index is 11.2. The molecule has 3 heterocycles. The van der Waals surface area contributed by atoms with Crippen molar-refractivity contribution in [3.63, 3.8) is 0 Å². The smallest absolute Gasteiger partial charge is 0.304 e. The molecular weight excluding hydrogens is 482 g/mol. The summed E-state index contributed by atoms with van der Waals surface area (Å²) >= 11 is 0. The first-order chi connectivity index (χ1) is 18.3. The number of aryl methyl sites for hydroxylation is 2. The van der Waals surface area contributed by atoms with Crippen LogP contribution < -0.4 is 19.5 Å². The number of aliphatic carboxylic acids is 1. The Morgan fingerprint density at radius 3 is 2.55 bits per heavy atom. The summed E-state index contributed by atoms with van der Waals surface area (Å²) in [4.78, 5) is 11.2. The van der Waals surface area contributed by atoms with Crippen LogP contribution in [0, 0.1) is 19.3 Å². The minimum absolute atomic E-state index is 0.00659. The van der Waals surface area contributed by atoms with Gasteiger partial charge in [-0.05, 0) is 48.7 Å². The predicted molar refractivity (Wildman–Crippen MR) is 145 cm³/mol. The van der Waals surface area contributed by atoms with Crippen LogP contribution in [0.2, 0.25) is 0 Å². The standard InChI is InChI=1S/C31H33NO6/c1-18-9-22(38-17-31(3)15-35-16-31)10-19(2)29(18)25-6-4-5-24-26(14-37-30(24)25)32-21-7-8-23-20(11-28(33)34)13-36-27(23)12-21/h4-10,12,20,26,32H,11,13-17H2,1-3H3,(H,33,34). The highest BCUT2D eigenvalue weighted by Gasteiger charge is 2.34. The number of benzene rings is 3. The Balaban J connectivity index is 1.22. The topological polar surface area (TPSA) is 86.3 Å². The van der Waals surface area contributed by atoms with E-state index in [9.17, 15) is 4.79 Å². The minimum Gasteiger partial charge on any atom is -0.493 e. The maximum atomic E-state index is 11.2. The lowest BCUT2D eigenvalue weighted by atomic mass is 9.90. The molecule has 7 nitrogen and oxygen atoms in total. The number of rotatable bonds is 8. The summed E-state index contributed by atoms with van der Waals surface area (Å²) in [7, 11) is 0. The molecule has 0 spiro atoms. The summed E-state index contributed by atoms with van der Waals surface area (Å²) in [6, 6.07) is 16.5. The highest BCUT2D eigenvalue weighted by Crippen LogP contribution is 2.45. The fourth-order valence-corrected chi connectivity index (χ4v) is 5.73. The number of anilines is 1. The zero-order chi connectivity index (χ0) is 26.4. The number of nitrogens with one attached hydrogen (secondary N) is 1. The average Bonchev–Trinajstić information content (AvgIpc) is 3.45. The van der Waals surface area contributed by atoms with E-state index in [0.29, 0.717) is 19.8 Å². The lowest BCUT2D eigenvalue weighted by molar-refractivity contribution is -0.137. The minimum atomic E-state index is -0.810. The fourth-order valence-electron chi connectivity index (χ4n) is 5.73. The van der Waals surface area contributed by atoms with Gasteiger partial charge in [0.1, 0.15) is 23.9 Å². The molecular formula is C31H33NO6. The number of ether oxygens (including phenoxy) is 4. The zero-order valence-electron chi connectivity index (χ0n) is 22.0. The van der Waals surface area contributed by atoms with Gasteiger partial charge in [-0.3, -0.25) is 4.79 Å². The van der Waals surface area contributed by atoms with E-state index in [4.69, 9.17) is 24.1 Å². The van der Waals surface area contributed by atoms with Crippen LogP contribution in [-0.4, -0.2) is 44.1 Å². The molecule has 7 heteroatoms. The van der Waals surface area contributed by atoms with E-state index < -0.39 is 5.97 Å². The molecule has 38 heavy (non-hydrogen) atoms. The Morgan fingerprint density at radius 1 is 1.05 bits per heavy atom. The second-order valence-electron chi connectivity index (χ2n) is 11.1. The van der Waals surface area contributed by atoms with Gasteiger partial charge in [-0.1, -0.05) is 31.2 Å². The maximum Gasteiger partial charge on any atom is 0.304 e. The van der Waals surface area contributed by atoms with Crippen LogP contribution in [0.25, 0.3) is 11.1 Å². The number of carboxylic acid groups (broad SMARTS) is 1. The molecule has 3 aromatic carbocycles. The van der Waals surface area contributed by atoms with Crippen molar-refractivity contribution in [3.8, 4) is 28.4 Å². The van der Waals surface area contributed by atoms with Crippen molar-refractivity contribution < 1.29 is 28.8 Å². The number of carboxylic acids is 1. The van der Waals surface area contributed by atoms with Gasteiger partial charge >= 0.3 is 5.97 Å². The fraction of sp³-hybridized carbons (Fsp3) is 0.387. The van der Waals surface area contributed by atoms with Crippen LogP contribution in [0.3, 0.4) is 0 Å². The second-order valence-corrected chi connectivity index (χ2v) is 11.1. The summed E-state index contributed by atoms with van der Waals surface area (Å²) in [5.41, 5.74) is 7.64. The molecule has 1 fully saturated rings. The van der Waals surface area contributed by atoms with Gasteiger partial charge in [-0.15, -0.1) is 0 Å². The van der Waals surface area contributed by atoms with Gasteiger partial charge in [0.2, 0.25) is 0 Å². The van der Waals surface area contributed by atoms with Gasteiger partial charge in [0.15, 0.2) is 0 Å². The highest BCUT2D eigenvalue weighted by atomic mass is 16.5. The summed E-state index contributed by atoms with van der Waals surface area (Å²) in [5, 5.41) is 12.8. The van der Waals surface area contributed by atoms with E-state index in [0.717, 1.165) is 64.0 Å². The number of carbonyl (C=O) groups is 1. The third-order valence-corrected chi connectivity index (χ3v) is 7.73. The summed E-state index contributed by atoms with van der Waals surface area (Å²) in [6.07, 6.45) is 0.0761. The quantitative estimate of drug-likeness (QED) is 0.387. The third kappa shape index (κ3) is 4.56. The second kappa shape index (κ2) is 9.55. The van der Waals surface area contributed by atoms with Crippen molar-refractivity contribution in [3.05, 3.63) is 70.8 Å². The molecule has 3 aromatic rings. The first-order valence-electron chi connectivity index (χ1n) is 13.1. The average molecular weight is 516 g/mol. The lowest BCUT2D eigenvalue weighted by Gasteiger charge is -2.37. The van der Waals surface area contributed by atoms with Crippen LogP contribution in [0.4, 0.5) is 5.69 Å². The van der Waals surface area contributed by atoms with Crippen molar-refractivity contribution in [2.45, 2.75) is 39.2 Å². The Morgan fingerprint density at radius 2 is 1.84 bits per heavy atom. The molecule has 0 aliphatic carbocycles. The Kier molecular flexibility index (Phi) is 6.19. The Bertz CT molecular complexity index is 1370. The molecule has 198 valence electrons. The highest BCUT2D eigenvalue weighted by molar-refractivity contribution is 5.79. The molecule has 1 saturated heterocycles. The third-order valence-electron chi connectivity index (χ3n) is 7.73. The summed E-state index contributed by atoms with van der Waals surface area (Å²) in [5.74, 6) is 1.63. The lowest BCUT2D eigenvalue weighted by Crippen LogP contribution is -2.44. The summed E-state index contributed by atoms with van der Waals surface area (Å²) < 4.78 is 23.6. The first kappa shape index (κ1) is 24.6. The summed E-state index contributed by atoms with van der Waals surface area (Å²) in [6.45, 7) is 9.49. The van der Waals surface area contributed by atoms with Crippen molar-refractivity contribution >= 4 is 11.7 Å². The van der Waals surface area contributed by atoms with E-state index >= 15 is 0 Å². The van der Waals surface area contributed by atoms with E-state index in [1.165, 1.54) is 5.56 Å². The van der Waals surface area contributed by atoms with Crippen molar-refractivity contribution in [2.75, 3.05) is 38.4 Å². The van der Waals surface area contributed by atoms with Gasteiger partial charge < -0.3 is 29.4 Å². The molecule has 2 unspecified atom stereocenters. The number of para-hydroxylation sites is 1. The van der Waals surface area contributed by atoms with Gasteiger partial charge in [0.25, 0.3) is 0 Å². The van der Waals surface area contributed by atoms with Gasteiger partial charge in [-0.25, -0.2) is 0 Å². The molecule has 0 radical (unpaired) electrons. The van der Waals surface area contributed by atoms with Crippen molar-refractivity contribution in [1.82, 2.24) is 0 Å². The van der Waals surface area contributed by atoms with Crippen LogP contribution in [-0.2, 0) is 9.53 Å². The van der Waals surface area contributed by atoms with Crippen molar-refractivity contribution in [2.24, 2.45) is 5.41 Å². The van der Waals surface area contributed by atoms with E-state index in [1.807, 2.05) is 18.2 Å². The first-order valence-corrected chi connectivity index (χ1v) is 13.1. The van der Waals surface area contributed by atoms with Crippen LogP contribution in [0.1, 0.15) is 47.6 Å². The SMILES string of the molecule is Cc1cc(OCC2(C)COC2)cc(C)c1-c1cccc2c1OCC2Nc1ccc2c(c1)OCC2CC(=O)O. The number of fused-ring (bicyclic) bond motifs is 2. The van der Waals surface area contributed by atoms with E-state index in [1.54, 1.807) is 0 Å².